The first-order valence-electron chi connectivity index (χ1n) is 10.1. The highest BCUT2D eigenvalue weighted by atomic mass is 32.1. The van der Waals surface area contributed by atoms with Crippen LogP contribution >= 0.6 is 11.3 Å². The van der Waals surface area contributed by atoms with Crippen molar-refractivity contribution in [2.24, 2.45) is 0 Å². The minimum atomic E-state index is -0.484. The molecule has 1 aromatic carbocycles. The molecule has 0 radical (unpaired) electrons. The summed E-state index contributed by atoms with van der Waals surface area (Å²) in [6.07, 6.45) is 0.349. The Kier molecular flexibility index (Phi) is 6.26. The number of rotatable bonds is 6. The third-order valence-corrected chi connectivity index (χ3v) is 5.85. The zero-order chi connectivity index (χ0) is 22.8. The van der Waals surface area contributed by atoms with E-state index in [0.29, 0.717) is 23.1 Å². The minimum Gasteiger partial charge on any atom is -0.373 e. The molecular weight excluding hydrogens is 434 g/mol. The number of carbonyl (C=O) groups is 1. The maximum Gasteiger partial charge on any atom is 0.279 e. The summed E-state index contributed by atoms with van der Waals surface area (Å²) in [5.74, 6) is -0.436. The third kappa shape index (κ3) is 4.82. The molecule has 1 fully saturated rings. The van der Waals surface area contributed by atoms with Gasteiger partial charge < -0.3 is 4.74 Å². The Balaban J connectivity index is 1.44. The summed E-state index contributed by atoms with van der Waals surface area (Å²) in [5.41, 5.74) is 1.86. The van der Waals surface area contributed by atoms with Crippen LogP contribution in [0, 0.1) is 17.0 Å². The molecule has 1 amide bonds. The van der Waals surface area contributed by atoms with Gasteiger partial charge in [0.15, 0.2) is 10.8 Å². The molecule has 1 aliphatic rings. The zero-order valence-electron chi connectivity index (χ0n) is 17.9. The monoisotopic (exact) mass is 457 g/mol. The molecule has 12 heteroatoms. The van der Waals surface area contributed by atoms with E-state index in [1.165, 1.54) is 28.2 Å². The molecule has 3 aromatic rings. The van der Waals surface area contributed by atoms with E-state index in [1.54, 1.807) is 19.1 Å². The summed E-state index contributed by atoms with van der Waals surface area (Å²) in [5, 5.41) is 24.2. The summed E-state index contributed by atoms with van der Waals surface area (Å²) in [6, 6.07) is 5.99. The van der Waals surface area contributed by atoms with Crippen LogP contribution in [-0.2, 0) is 11.3 Å². The minimum absolute atomic E-state index is 0.0669. The number of hydrogen-bond donors (Lipinski definition) is 1. The van der Waals surface area contributed by atoms with Crippen LogP contribution in [0.2, 0.25) is 0 Å². The highest BCUT2D eigenvalue weighted by Gasteiger charge is 2.23. The number of morpholine rings is 1. The lowest BCUT2D eigenvalue weighted by atomic mass is 10.2. The van der Waals surface area contributed by atoms with Gasteiger partial charge in [-0.3, -0.25) is 25.1 Å². The molecule has 2 unspecified atom stereocenters. The molecule has 0 spiro atoms. The number of anilines is 1. The lowest BCUT2D eigenvalue weighted by Crippen LogP contribution is -2.44. The maximum atomic E-state index is 12.7. The number of nitrogens with one attached hydrogen (secondary N) is 1. The average Bonchev–Trinajstić information content (AvgIpc) is 3.33. The van der Waals surface area contributed by atoms with Gasteiger partial charge in [-0.1, -0.05) is 11.3 Å². The van der Waals surface area contributed by atoms with Gasteiger partial charge in [0.1, 0.15) is 0 Å². The quantitative estimate of drug-likeness (QED) is 0.442. The molecule has 11 nitrogen and oxygen atoms in total. The molecule has 3 heterocycles. The van der Waals surface area contributed by atoms with Crippen molar-refractivity contribution in [1.82, 2.24) is 24.9 Å². The first-order chi connectivity index (χ1) is 15.3. The number of hydrogen-bond acceptors (Lipinski definition) is 9. The van der Waals surface area contributed by atoms with Crippen molar-refractivity contribution < 1.29 is 14.5 Å². The molecule has 2 atom stereocenters. The Hall–Kier alpha value is -3.22. The van der Waals surface area contributed by atoms with Crippen molar-refractivity contribution in [3.8, 4) is 5.69 Å². The third-order valence-electron chi connectivity index (χ3n) is 5.05. The summed E-state index contributed by atoms with van der Waals surface area (Å²) in [4.78, 5) is 30.1. The first-order valence-corrected chi connectivity index (χ1v) is 11.0. The molecule has 1 aliphatic heterocycles. The average molecular weight is 458 g/mol. The number of non-ortho nitro benzene ring substituents is 1. The van der Waals surface area contributed by atoms with Gasteiger partial charge in [0.25, 0.3) is 11.6 Å². The van der Waals surface area contributed by atoms with Crippen LogP contribution in [-0.4, -0.2) is 61.0 Å². The number of nitro groups is 1. The van der Waals surface area contributed by atoms with Crippen molar-refractivity contribution in [2.75, 3.05) is 18.4 Å². The maximum absolute atomic E-state index is 12.7. The predicted octanol–water partition coefficient (Wildman–Crippen LogP) is 2.80. The summed E-state index contributed by atoms with van der Waals surface area (Å²) in [6.45, 7) is 8.15. The van der Waals surface area contributed by atoms with Gasteiger partial charge in [0.05, 0.1) is 34.2 Å². The van der Waals surface area contributed by atoms with Crippen molar-refractivity contribution in [3.05, 3.63) is 56.8 Å². The number of carbonyl (C=O) groups excluding carboxylic acids is 1. The van der Waals surface area contributed by atoms with Crippen LogP contribution in [0.5, 0.6) is 0 Å². The van der Waals surface area contributed by atoms with Crippen LogP contribution in [0.15, 0.2) is 29.6 Å². The van der Waals surface area contributed by atoms with E-state index < -0.39 is 10.8 Å². The van der Waals surface area contributed by atoms with Crippen LogP contribution in [0.25, 0.3) is 5.69 Å². The highest BCUT2D eigenvalue weighted by molar-refractivity contribution is 7.13. The lowest BCUT2D eigenvalue weighted by Gasteiger charge is -2.34. The Bertz CT molecular complexity index is 1130. The molecule has 1 N–H and O–H groups in total. The second-order valence-electron chi connectivity index (χ2n) is 7.76. The van der Waals surface area contributed by atoms with Gasteiger partial charge >= 0.3 is 0 Å². The highest BCUT2D eigenvalue weighted by Crippen LogP contribution is 2.21. The Morgan fingerprint density at radius 2 is 2.09 bits per heavy atom. The van der Waals surface area contributed by atoms with E-state index in [2.05, 4.69) is 39.4 Å². The van der Waals surface area contributed by atoms with Gasteiger partial charge in [-0.25, -0.2) is 9.67 Å². The molecule has 1 saturated heterocycles. The number of ether oxygens (including phenoxy) is 1. The van der Waals surface area contributed by atoms with Gasteiger partial charge in [-0.15, -0.1) is 16.4 Å². The smallest absolute Gasteiger partial charge is 0.279 e. The summed E-state index contributed by atoms with van der Waals surface area (Å²) >= 11 is 1.35. The van der Waals surface area contributed by atoms with Crippen LogP contribution in [0.1, 0.15) is 35.7 Å². The van der Waals surface area contributed by atoms with Crippen molar-refractivity contribution >= 4 is 28.1 Å². The molecule has 0 aliphatic carbocycles. The summed E-state index contributed by atoms with van der Waals surface area (Å²) in [7, 11) is 0. The number of thiazole rings is 1. The molecular formula is C20H23N7O4S. The first kappa shape index (κ1) is 22.0. The van der Waals surface area contributed by atoms with Crippen LogP contribution < -0.4 is 5.32 Å². The fourth-order valence-electron chi connectivity index (χ4n) is 3.76. The molecule has 0 bridgehead atoms. The molecule has 2 aromatic heterocycles. The lowest BCUT2D eigenvalue weighted by molar-refractivity contribution is -0.384. The summed E-state index contributed by atoms with van der Waals surface area (Å²) < 4.78 is 7.16. The van der Waals surface area contributed by atoms with E-state index in [0.717, 1.165) is 18.8 Å². The molecule has 32 heavy (non-hydrogen) atoms. The number of amides is 1. The number of aromatic nitrogens is 4. The van der Waals surface area contributed by atoms with E-state index >= 15 is 0 Å². The van der Waals surface area contributed by atoms with E-state index in [1.807, 2.05) is 5.38 Å². The zero-order valence-corrected chi connectivity index (χ0v) is 18.7. The number of nitrogens with zero attached hydrogens (tertiary/aromatic N) is 6. The second kappa shape index (κ2) is 9.10. The van der Waals surface area contributed by atoms with Gasteiger partial charge in [0, 0.05) is 37.1 Å². The fraction of sp³-hybridized carbons (Fsp3) is 0.400. The van der Waals surface area contributed by atoms with Crippen molar-refractivity contribution in [3.63, 3.8) is 0 Å². The second-order valence-corrected chi connectivity index (χ2v) is 8.62. The van der Waals surface area contributed by atoms with Crippen LogP contribution in [0.4, 0.5) is 10.8 Å². The van der Waals surface area contributed by atoms with Crippen molar-refractivity contribution in [1.29, 1.82) is 0 Å². The predicted molar refractivity (Wildman–Crippen MR) is 118 cm³/mol. The number of nitro benzene ring substituents is 1. The number of benzene rings is 1. The topological polar surface area (TPSA) is 128 Å². The normalized spacial score (nSPS) is 19.1. The SMILES string of the molecule is Cc1c(C(=O)Nc2nc(CN3CC(C)OC(C)C3)cs2)nnn1-c1cccc([N+](=O)[O-])c1. The Morgan fingerprint density at radius 1 is 1.34 bits per heavy atom. The Labute approximate surface area is 188 Å². The van der Waals surface area contributed by atoms with E-state index in [-0.39, 0.29) is 23.6 Å². The van der Waals surface area contributed by atoms with E-state index in [4.69, 9.17) is 4.74 Å². The van der Waals surface area contributed by atoms with Gasteiger partial charge in [-0.05, 0) is 26.8 Å². The fourth-order valence-corrected chi connectivity index (χ4v) is 4.45. The van der Waals surface area contributed by atoms with Crippen molar-refractivity contribution in [2.45, 2.75) is 39.5 Å². The molecule has 168 valence electrons. The van der Waals surface area contributed by atoms with Gasteiger partial charge in [-0.2, -0.15) is 0 Å². The Morgan fingerprint density at radius 3 is 2.81 bits per heavy atom. The standard InChI is InChI=1S/C20H23N7O4S/c1-12-8-25(9-13(2)31-12)10-15-11-32-20(21-15)22-19(28)18-14(3)26(24-23-18)16-5-4-6-17(7-16)27(29)30/h4-7,11-13H,8-10H2,1-3H3,(H,21,22,28). The van der Waals surface area contributed by atoms with Gasteiger partial charge in [0.2, 0.25) is 0 Å². The molecule has 0 saturated carbocycles. The molecule has 4 rings (SSSR count). The van der Waals surface area contributed by atoms with E-state index in [9.17, 15) is 14.9 Å². The largest absolute Gasteiger partial charge is 0.373 e. The van der Waals surface area contributed by atoms with Crippen LogP contribution in [0.3, 0.4) is 0 Å².